The number of hydrogen-bond acceptors (Lipinski definition) is 4. The number of fused-ring (bicyclic) bond motifs is 1. The van der Waals surface area contributed by atoms with E-state index >= 15 is 0 Å². The van der Waals surface area contributed by atoms with Crippen LogP contribution in [0.4, 0.5) is 15.9 Å². The maximum absolute atomic E-state index is 13.3. The minimum Gasteiger partial charge on any atom is -0.339 e. The fourth-order valence-electron chi connectivity index (χ4n) is 2.99. The largest absolute Gasteiger partial charge is 0.339 e. The molecule has 1 amide bonds. The number of nitrogens with zero attached hydrogens (tertiary/aromatic N) is 3. The number of aromatic nitrogens is 2. The number of carbonyl (C=O) groups excluding carboxylic acids is 1. The Bertz CT molecular complexity index is 1040. The average Bonchev–Trinajstić information content (AvgIpc) is 3.07. The number of halogens is 2. The maximum atomic E-state index is 13.3. The Morgan fingerprint density at radius 2 is 1.86 bits per heavy atom. The zero-order chi connectivity index (χ0) is 19.7. The molecule has 1 aliphatic rings. The first kappa shape index (κ1) is 18.2. The van der Waals surface area contributed by atoms with Crippen molar-refractivity contribution in [1.82, 2.24) is 14.5 Å². The van der Waals surface area contributed by atoms with E-state index in [1.807, 2.05) is 16.7 Å². The van der Waals surface area contributed by atoms with Gasteiger partial charge in [-0.2, -0.15) is 0 Å². The van der Waals surface area contributed by atoms with Gasteiger partial charge >= 0.3 is 0 Å². The topological polar surface area (TPSA) is 76.2 Å². The van der Waals surface area contributed by atoms with Gasteiger partial charge in [-0.1, -0.05) is 23.7 Å². The lowest BCUT2D eigenvalue weighted by Gasteiger charge is -2.22. The molecule has 8 heteroatoms. The fraction of sp³-hybridized carbons (Fsp3) is 0.100. The zero-order valence-corrected chi connectivity index (χ0v) is 15.5. The molecule has 0 spiro atoms. The summed E-state index contributed by atoms with van der Waals surface area (Å²) >= 11 is 6.01. The number of amides is 1. The average molecular weight is 398 g/mol. The van der Waals surface area contributed by atoms with Gasteiger partial charge in [0.25, 0.3) is 0 Å². The van der Waals surface area contributed by atoms with Crippen LogP contribution in [0, 0.1) is 5.82 Å². The van der Waals surface area contributed by atoms with E-state index in [1.54, 1.807) is 36.7 Å². The molecular weight excluding hydrogens is 381 g/mol. The van der Waals surface area contributed by atoms with Gasteiger partial charge in [-0.3, -0.25) is 9.36 Å². The number of rotatable bonds is 4. The highest BCUT2D eigenvalue weighted by atomic mass is 35.5. The molecule has 0 atom stereocenters. The van der Waals surface area contributed by atoms with Crippen LogP contribution in [0.25, 0.3) is 17.5 Å². The second-order valence-electron chi connectivity index (χ2n) is 6.26. The Morgan fingerprint density at radius 3 is 2.54 bits per heavy atom. The first-order valence-electron chi connectivity index (χ1n) is 8.62. The summed E-state index contributed by atoms with van der Waals surface area (Å²) in [6.07, 6.45) is 3.43. The van der Waals surface area contributed by atoms with Gasteiger partial charge in [0.2, 0.25) is 5.91 Å². The lowest BCUT2D eigenvalue weighted by molar-refractivity contribution is -0.127. The Kier molecular flexibility index (Phi) is 4.85. The predicted molar refractivity (Wildman–Crippen MR) is 107 cm³/mol. The number of hydrogen-bond donors (Lipinski definition) is 2. The van der Waals surface area contributed by atoms with Crippen molar-refractivity contribution in [2.75, 3.05) is 11.9 Å². The molecule has 1 aliphatic heterocycles. The van der Waals surface area contributed by atoms with Gasteiger partial charge in [-0.25, -0.2) is 9.37 Å². The van der Waals surface area contributed by atoms with Gasteiger partial charge in [-0.15, -0.1) is 0 Å². The number of nitrogens with one attached hydrogen (secondary N) is 1. The molecule has 0 aliphatic carbocycles. The van der Waals surface area contributed by atoms with Crippen LogP contribution in [0.15, 0.2) is 54.7 Å². The van der Waals surface area contributed by atoms with Gasteiger partial charge in [0, 0.05) is 28.7 Å². The maximum Gasteiger partial charge on any atom is 0.240 e. The van der Waals surface area contributed by atoms with Crippen LogP contribution in [0.1, 0.15) is 5.82 Å². The molecule has 1 aromatic heterocycles. The molecule has 0 fully saturated rings. The third-order valence-electron chi connectivity index (χ3n) is 4.41. The van der Waals surface area contributed by atoms with Gasteiger partial charge < -0.3 is 16.0 Å². The van der Waals surface area contributed by atoms with Crippen molar-refractivity contribution in [2.45, 2.75) is 6.54 Å². The molecule has 3 aromatic rings. The highest BCUT2D eigenvalue weighted by molar-refractivity contribution is 6.30. The molecule has 2 heterocycles. The number of anilines is 2. The van der Waals surface area contributed by atoms with Gasteiger partial charge in [-0.05, 0) is 36.4 Å². The molecule has 3 N–H and O–H groups in total. The quantitative estimate of drug-likeness (QED) is 0.701. The smallest absolute Gasteiger partial charge is 0.240 e. The lowest BCUT2D eigenvalue weighted by Crippen LogP contribution is -2.33. The van der Waals surface area contributed by atoms with Crippen LogP contribution in [0.2, 0.25) is 5.02 Å². The normalized spacial score (nSPS) is 12.8. The van der Waals surface area contributed by atoms with Crippen molar-refractivity contribution < 1.29 is 9.18 Å². The molecule has 2 aromatic carbocycles. The lowest BCUT2D eigenvalue weighted by atomic mass is 10.1. The molecule has 0 radical (unpaired) electrons. The van der Waals surface area contributed by atoms with Crippen molar-refractivity contribution in [1.29, 1.82) is 0 Å². The molecule has 0 saturated heterocycles. The SMILES string of the molecule is NCC(=O)N1C=Cn2c(nc(-c3ccc(Cl)cc3)c2Nc2ccc(F)cc2)C1. The van der Waals surface area contributed by atoms with E-state index in [2.05, 4.69) is 5.32 Å². The molecule has 6 nitrogen and oxygen atoms in total. The fourth-order valence-corrected chi connectivity index (χ4v) is 3.12. The van der Waals surface area contributed by atoms with Crippen LogP contribution in [0.5, 0.6) is 0 Å². The summed E-state index contributed by atoms with van der Waals surface area (Å²) in [6.45, 7) is 0.230. The molecule has 142 valence electrons. The standard InChI is InChI=1S/C20H17ClFN5O/c21-14-3-1-13(2-4-14)19-20(24-16-7-5-15(22)6-8-16)27-10-9-26(18(28)11-23)12-17(27)25-19/h1-10,24H,11-12,23H2. The summed E-state index contributed by atoms with van der Waals surface area (Å²) in [4.78, 5) is 18.2. The number of benzene rings is 2. The Balaban J connectivity index is 1.78. The summed E-state index contributed by atoms with van der Waals surface area (Å²) in [6, 6.07) is 13.4. The number of imidazole rings is 1. The predicted octanol–water partition coefficient (Wildman–Crippen LogP) is 3.82. The monoisotopic (exact) mass is 397 g/mol. The molecule has 4 rings (SSSR count). The molecular formula is C20H17ClFN5O. The summed E-state index contributed by atoms with van der Waals surface area (Å²) in [5.74, 6) is 0.889. The summed E-state index contributed by atoms with van der Waals surface area (Å²) in [5, 5.41) is 3.93. The van der Waals surface area contributed by atoms with Crippen LogP contribution in [0.3, 0.4) is 0 Å². The highest BCUT2D eigenvalue weighted by Crippen LogP contribution is 2.34. The van der Waals surface area contributed by atoms with Crippen LogP contribution >= 0.6 is 11.6 Å². The summed E-state index contributed by atoms with van der Waals surface area (Å²) in [5.41, 5.74) is 7.74. The van der Waals surface area contributed by atoms with Crippen molar-refractivity contribution in [3.63, 3.8) is 0 Å². The minimum atomic E-state index is -0.311. The highest BCUT2D eigenvalue weighted by Gasteiger charge is 2.23. The minimum absolute atomic E-state index is 0.0736. The van der Waals surface area contributed by atoms with Gasteiger partial charge in [0.05, 0.1) is 13.1 Å². The van der Waals surface area contributed by atoms with E-state index < -0.39 is 0 Å². The Morgan fingerprint density at radius 1 is 1.14 bits per heavy atom. The van der Waals surface area contributed by atoms with Gasteiger partial charge in [0.15, 0.2) is 0 Å². The first-order chi connectivity index (χ1) is 13.5. The van der Waals surface area contributed by atoms with E-state index in [0.29, 0.717) is 34.6 Å². The van der Waals surface area contributed by atoms with E-state index in [9.17, 15) is 9.18 Å². The van der Waals surface area contributed by atoms with Crippen molar-refractivity contribution in [2.24, 2.45) is 5.73 Å². The van der Waals surface area contributed by atoms with Crippen molar-refractivity contribution in [3.05, 3.63) is 71.4 Å². The molecule has 0 bridgehead atoms. The van der Waals surface area contributed by atoms with Gasteiger partial charge in [0.1, 0.15) is 23.2 Å². The Hall–Kier alpha value is -3.16. The summed E-state index contributed by atoms with van der Waals surface area (Å²) < 4.78 is 15.1. The Labute approximate surface area is 166 Å². The summed E-state index contributed by atoms with van der Waals surface area (Å²) in [7, 11) is 0. The van der Waals surface area contributed by atoms with Crippen molar-refractivity contribution >= 4 is 35.2 Å². The third-order valence-corrected chi connectivity index (χ3v) is 4.66. The third kappa shape index (κ3) is 3.49. The van der Waals surface area contributed by atoms with Crippen LogP contribution in [-0.2, 0) is 11.3 Å². The second kappa shape index (κ2) is 7.46. The van der Waals surface area contributed by atoms with Crippen LogP contribution in [-0.4, -0.2) is 26.9 Å². The van der Waals surface area contributed by atoms with E-state index in [0.717, 1.165) is 5.56 Å². The van der Waals surface area contributed by atoms with Crippen LogP contribution < -0.4 is 11.1 Å². The first-order valence-corrected chi connectivity index (χ1v) is 9.00. The molecule has 28 heavy (non-hydrogen) atoms. The van der Waals surface area contributed by atoms with Crippen molar-refractivity contribution in [3.8, 4) is 11.3 Å². The number of nitrogens with two attached hydrogens (primary N) is 1. The molecule has 0 unspecified atom stereocenters. The van der Waals surface area contributed by atoms with E-state index in [1.165, 1.54) is 17.0 Å². The zero-order valence-electron chi connectivity index (χ0n) is 14.8. The molecule has 0 saturated carbocycles. The number of carbonyl (C=O) groups is 1. The second-order valence-corrected chi connectivity index (χ2v) is 6.69. The van der Waals surface area contributed by atoms with E-state index in [-0.39, 0.29) is 18.3 Å². The van der Waals surface area contributed by atoms with E-state index in [4.69, 9.17) is 22.3 Å².